The number of nitrogens with zero attached hydrogens (tertiary/aromatic N) is 1. The lowest BCUT2D eigenvalue weighted by Gasteiger charge is -2.52. The van der Waals surface area contributed by atoms with Crippen LogP contribution in [0, 0.1) is 11.3 Å². The summed E-state index contributed by atoms with van der Waals surface area (Å²) in [4.78, 5) is 2.81. The van der Waals surface area contributed by atoms with Gasteiger partial charge < -0.3 is 5.73 Å². The van der Waals surface area contributed by atoms with E-state index in [2.05, 4.69) is 32.6 Å². The number of hydrogen-bond acceptors (Lipinski definition) is 2. The molecule has 2 heteroatoms. The Hall–Kier alpha value is -0.0800. The Labute approximate surface area is 132 Å². The smallest absolute Gasteiger partial charge is 0.0334 e. The van der Waals surface area contributed by atoms with Crippen molar-refractivity contribution in [3.63, 3.8) is 0 Å². The van der Waals surface area contributed by atoms with Crippen molar-refractivity contribution in [2.45, 2.75) is 97.1 Å². The molecule has 2 nitrogen and oxygen atoms in total. The van der Waals surface area contributed by atoms with Crippen LogP contribution in [0.25, 0.3) is 0 Å². The zero-order valence-electron chi connectivity index (χ0n) is 15.0. The molecule has 0 spiro atoms. The number of nitrogens with two attached hydrogens (primary N) is 1. The maximum absolute atomic E-state index is 6.33. The summed E-state index contributed by atoms with van der Waals surface area (Å²) in [6.07, 6.45) is 12.3. The number of rotatable bonds is 6. The minimum atomic E-state index is 0.310. The summed E-state index contributed by atoms with van der Waals surface area (Å²) in [6, 6.07) is 0.814. The van der Waals surface area contributed by atoms with Crippen LogP contribution in [0.2, 0.25) is 0 Å². The first kappa shape index (κ1) is 17.3. The van der Waals surface area contributed by atoms with Crippen molar-refractivity contribution in [3.05, 3.63) is 0 Å². The lowest BCUT2D eigenvalue weighted by molar-refractivity contribution is -0.00576. The SMILES string of the molecule is CCN(C1CCCC1)C1(CN)CCC(C(C)(C)CC)CC1. The average Bonchev–Trinajstić information content (AvgIpc) is 3.02. The molecule has 0 radical (unpaired) electrons. The van der Waals surface area contributed by atoms with Crippen LogP contribution in [0.1, 0.15) is 85.5 Å². The predicted octanol–water partition coefficient (Wildman–Crippen LogP) is 4.57. The monoisotopic (exact) mass is 294 g/mol. The van der Waals surface area contributed by atoms with E-state index in [9.17, 15) is 0 Å². The Kier molecular flexibility index (Phi) is 5.76. The van der Waals surface area contributed by atoms with Crippen molar-refractivity contribution in [3.8, 4) is 0 Å². The molecular formula is C19H38N2. The maximum Gasteiger partial charge on any atom is 0.0334 e. The van der Waals surface area contributed by atoms with Crippen molar-refractivity contribution < 1.29 is 0 Å². The first-order valence-corrected chi connectivity index (χ1v) is 9.46. The van der Waals surface area contributed by atoms with Gasteiger partial charge in [-0.15, -0.1) is 0 Å². The number of likely N-dealkylation sites (N-methyl/N-ethyl adjacent to an activating group) is 1. The lowest BCUT2D eigenvalue weighted by Crippen LogP contribution is -2.59. The van der Waals surface area contributed by atoms with Gasteiger partial charge in [0.05, 0.1) is 0 Å². The zero-order chi connectivity index (χ0) is 15.5. The summed E-state index contributed by atoms with van der Waals surface area (Å²) in [6.45, 7) is 11.7. The van der Waals surface area contributed by atoms with Gasteiger partial charge in [0.1, 0.15) is 0 Å². The van der Waals surface area contributed by atoms with Gasteiger partial charge in [0.2, 0.25) is 0 Å². The summed E-state index contributed by atoms with van der Waals surface area (Å²) in [5.41, 5.74) is 7.14. The largest absolute Gasteiger partial charge is 0.329 e. The minimum Gasteiger partial charge on any atom is -0.329 e. The van der Waals surface area contributed by atoms with Gasteiger partial charge in [-0.3, -0.25) is 4.90 Å². The Bertz CT molecular complexity index is 310. The molecule has 2 aliphatic rings. The third-order valence-electron chi connectivity index (χ3n) is 7.03. The van der Waals surface area contributed by atoms with Gasteiger partial charge in [-0.1, -0.05) is 47.0 Å². The van der Waals surface area contributed by atoms with Gasteiger partial charge in [0, 0.05) is 18.1 Å². The summed E-state index contributed by atoms with van der Waals surface area (Å²) in [5, 5.41) is 0. The molecule has 0 heterocycles. The highest BCUT2D eigenvalue weighted by molar-refractivity contribution is 5.00. The molecule has 0 amide bonds. The van der Waals surface area contributed by atoms with Crippen molar-refractivity contribution in [1.29, 1.82) is 0 Å². The van der Waals surface area contributed by atoms with Crippen LogP contribution < -0.4 is 5.73 Å². The van der Waals surface area contributed by atoms with Crippen LogP contribution in [0.4, 0.5) is 0 Å². The summed E-state index contributed by atoms with van der Waals surface area (Å²) < 4.78 is 0. The highest BCUT2D eigenvalue weighted by atomic mass is 15.2. The molecule has 2 saturated carbocycles. The normalized spacial score (nSPS) is 32.0. The first-order chi connectivity index (χ1) is 9.99. The maximum atomic E-state index is 6.33. The summed E-state index contributed by atoms with van der Waals surface area (Å²) in [7, 11) is 0. The molecule has 2 aliphatic carbocycles. The van der Waals surface area contributed by atoms with Gasteiger partial charge in [-0.05, 0) is 56.4 Å². The van der Waals surface area contributed by atoms with E-state index >= 15 is 0 Å². The van der Waals surface area contributed by atoms with Gasteiger partial charge in [0.15, 0.2) is 0 Å². The van der Waals surface area contributed by atoms with E-state index in [-0.39, 0.29) is 0 Å². The molecule has 0 atom stereocenters. The Morgan fingerprint density at radius 1 is 1.05 bits per heavy atom. The van der Waals surface area contributed by atoms with E-state index in [1.54, 1.807) is 0 Å². The third kappa shape index (κ3) is 3.47. The van der Waals surface area contributed by atoms with Crippen molar-refractivity contribution in [1.82, 2.24) is 4.90 Å². The summed E-state index contributed by atoms with van der Waals surface area (Å²) >= 11 is 0. The fourth-order valence-electron chi connectivity index (χ4n) is 5.03. The van der Waals surface area contributed by atoms with Gasteiger partial charge in [0.25, 0.3) is 0 Å². The molecule has 0 saturated heterocycles. The van der Waals surface area contributed by atoms with Crippen LogP contribution in [-0.4, -0.2) is 29.6 Å². The average molecular weight is 295 g/mol. The van der Waals surface area contributed by atoms with Crippen molar-refractivity contribution in [2.75, 3.05) is 13.1 Å². The molecule has 0 aromatic carbocycles. The second kappa shape index (κ2) is 7.00. The topological polar surface area (TPSA) is 29.3 Å². The number of hydrogen-bond donors (Lipinski definition) is 1. The van der Waals surface area contributed by atoms with Crippen LogP contribution in [0.5, 0.6) is 0 Å². The fourth-order valence-corrected chi connectivity index (χ4v) is 5.03. The predicted molar refractivity (Wildman–Crippen MR) is 92.5 cm³/mol. The van der Waals surface area contributed by atoms with E-state index in [4.69, 9.17) is 5.73 Å². The Morgan fingerprint density at radius 2 is 1.62 bits per heavy atom. The molecule has 2 N–H and O–H groups in total. The molecule has 0 aliphatic heterocycles. The molecule has 2 rings (SSSR count). The molecule has 0 unspecified atom stereocenters. The molecule has 2 fully saturated rings. The minimum absolute atomic E-state index is 0.310. The Balaban J connectivity index is 2.06. The van der Waals surface area contributed by atoms with E-state index in [0.29, 0.717) is 11.0 Å². The second-order valence-corrected chi connectivity index (χ2v) is 8.27. The van der Waals surface area contributed by atoms with Crippen LogP contribution >= 0.6 is 0 Å². The van der Waals surface area contributed by atoms with Crippen LogP contribution in [-0.2, 0) is 0 Å². The highest BCUT2D eigenvalue weighted by Gasteiger charge is 2.44. The molecule has 0 bridgehead atoms. The third-order valence-corrected chi connectivity index (χ3v) is 7.03. The molecule has 0 aromatic rings. The van der Waals surface area contributed by atoms with E-state index in [0.717, 1.165) is 18.5 Å². The quantitative estimate of drug-likeness (QED) is 0.777. The summed E-state index contributed by atoms with van der Waals surface area (Å²) in [5.74, 6) is 0.893. The molecule has 124 valence electrons. The lowest BCUT2D eigenvalue weighted by atomic mass is 9.65. The van der Waals surface area contributed by atoms with E-state index in [1.807, 2.05) is 0 Å². The Morgan fingerprint density at radius 3 is 2.05 bits per heavy atom. The van der Waals surface area contributed by atoms with Gasteiger partial charge in [-0.2, -0.15) is 0 Å². The zero-order valence-corrected chi connectivity index (χ0v) is 15.0. The highest BCUT2D eigenvalue weighted by Crippen LogP contribution is 2.46. The fraction of sp³-hybridized carbons (Fsp3) is 1.00. The van der Waals surface area contributed by atoms with E-state index in [1.165, 1.54) is 64.3 Å². The van der Waals surface area contributed by atoms with Gasteiger partial charge in [-0.25, -0.2) is 0 Å². The van der Waals surface area contributed by atoms with Gasteiger partial charge >= 0.3 is 0 Å². The van der Waals surface area contributed by atoms with E-state index < -0.39 is 0 Å². The van der Waals surface area contributed by atoms with Crippen molar-refractivity contribution >= 4 is 0 Å². The molecular weight excluding hydrogens is 256 g/mol. The van der Waals surface area contributed by atoms with Crippen LogP contribution in [0.3, 0.4) is 0 Å². The second-order valence-electron chi connectivity index (χ2n) is 8.27. The van der Waals surface area contributed by atoms with Crippen LogP contribution in [0.15, 0.2) is 0 Å². The standard InChI is InChI=1S/C19H38N2/c1-5-18(3,4)16-11-13-19(15-20,14-12-16)21(6-2)17-9-7-8-10-17/h16-17H,5-15,20H2,1-4H3. The first-order valence-electron chi connectivity index (χ1n) is 9.46. The molecule has 21 heavy (non-hydrogen) atoms. The van der Waals surface area contributed by atoms with Crippen molar-refractivity contribution in [2.24, 2.45) is 17.1 Å². The molecule has 0 aromatic heterocycles.